The van der Waals surface area contributed by atoms with Crippen molar-refractivity contribution in [3.8, 4) is 0 Å². The van der Waals surface area contributed by atoms with Crippen molar-refractivity contribution >= 4 is 0 Å². The maximum atomic E-state index is 5.80. The van der Waals surface area contributed by atoms with Gasteiger partial charge >= 0.3 is 0 Å². The average molecular weight is 220 g/mol. The number of hydrogen-bond donors (Lipinski definition) is 2. The minimum atomic E-state index is 0.285. The lowest BCUT2D eigenvalue weighted by atomic mass is 10.0. The average Bonchev–Trinajstić information content (AvgIpc) is 2.30. The van der Waals surface area contributed by atoms with Crippen LogP contribution in [0.1, 0.15) is 37.9 Å². The first-order valence-corrected chi connectivity index (χ1v) is 6.19. The lowest BCUT2D eigenvalue weighted by molar-refractivity contribution is 0.479. The van der Waals surface area contributed by atoms with E-state index < -0.39 is 0 Å². The van der Waals surface area contributed by atoms with E-state index >= 15 is 0 Å². The summed E-state index contributed by atoms with van der Waals surface area (Å²) in [6.45, 7) is 8.25. The molecule has 0 aromatic heterocycles. The summed E-state index contributed by atoms with van der Waals surface area (Å²) in [4.78, 5) is 0. The molecule has 2 nitrogen and oxygen atoms in total. The van der Waals surface area contributed by atoms with Crippen molar-refractivity contribution in [1.82, 2.24) is 5.32 Å². The maximum Gasteiger partial charge on any atom is 0.0444 e. The van der Waals surface area contributed by atoms with Gasteiger partial charge in [-0.1, -0.05) is 45.0 Å². The van der Waals surface area contributed by atoms with Gasteiger partial charge in [-0.3, -0.25) is 0 Å². The summed E-state index contributed by atoms with van der Waals surface area (Å²) in [5.41, 5.74) is 8.47. The molecule has 90 valence electrons. The van der Waals surface area contributed by atoms with Crippen molar-refractivity contribution in [2.45, 2.75) is 33.2 Å². The molecule has 1 unspecified atom stereocenters. The summed E-state index contributed by atoms with van der Waals surface area (Å²) >= 11 is 0. The summed E-state index contributed by atoms with van der Waals surface area (Å²) in [6, 6.07) is 9.03. The van der Waals surface area contributed by atoms with Crippen molar-refractivity contribution in [3.63, 3.8) is 0 Å². The van der Waals surface area contributed by atoms with E-state index in [4.69, 9.17) is 5.73 Å². The SMILES string of the molecule is CCc1ccc(C(CN)NCC(C)C)cc1. The van der Waals surface area contributed by atoms with Gasteiger partial charge in [0.05, 0.1) is 0 Å². The first-order valence-electron chi connectivity index (χ1n) is 6.19. The fraction of sp³-hybridized carbons (Fsp3) is 0.571. The Morgan fingerprint density at radius 1 is 1.19 bits per heavy atom. The fourth-order valence-corrected chi connectivity index (χ4v) is 1.70. The Morgan fingerprint density at radius 3 is 2.25 bits per heavy atom. The summed E-state index contributed by atoms with van der Waals surface area (Å²) in [7, 11) is 0. The Morgan fingerprint density at radius 2 is 1.81 bits per heavy atom. The van der Waals surface area contributed by atoms with E-state index in [1.807, 2.05) is 0 Å². The molecule has 0 fully saturated rings. The van der Waals surface area contributed by atoms with Crippen molar-refractivity contribution in [3.05, 3.63) is 35.4 Å². The Bertz CT molecular complexity index is 290. The third-order valence-corrected chi connectivity index (χ3v) is 2.80. The number of benzene rings is 1. The second-order valence-electron chi connectivity index (χ2n) is 4.69. The van der Waals surface area contributed by atoms with Gasteiger partial charge in [0.2, 0.25) is 0 Å². The fourth-order valence-electron chi connectivity index (χ4n) is 1.70. The molecule has 2 heteroatoms. The highest BCUT2D eigenvalue weighted by atomic mass is 14.9. The molecular formula is C14H24N2. The zero-order chi connectivity index (χ0) is 12.0. The van der Waals surface area contributed by atoms with Gasteiger partial charge in [0.25, 0.3) is 0 Å². The maximum absolute atomic E-state index is 5.80. The van der Waals surface area contributed by atoms with E-state index in [-0.39, 0.29) is 6.04 Å². The summed E-state index contributed by atoms with van der Waals surface area (Å²) in [6.07, 6.45) is 1.09. The van der Waals surface area contributed by atoms with Crippen LogP contribution in [0.2, 0.25) is 0 Å². The van der Waals surface area contributed by atoms with E-state index in [0.29, 0.717) is 12.5 Å². The molecule has 0 radical (unpaired) electrons. The van der Waals surface area contributed by atoms with Crippen LogP contribution in [0.15, 0.2) is 24.3 Å². The number of aryl methyl sites for hydroxylation is 1. The molecule has 1 rings (SSSR count). The van der Waals surface area contributed by atoms with Crippen LogP contribution in [0.4, 0.5) is 0 Å². The van der Waals surface area contributed by atoms with Crippen LogP contribution in [-0.4, -0.2) is 13.1 Å². The molecule has 3 N–H and O–H groups in total. The molecule has 0 bridgehead atoms. The smallest absolute Gasteiger partial charge is 0.0444 e. The van der Waals surface area contributed by atoms with Gasteiger partial charge in [0.15, 0.2) is 0 Å². The van der Waals surface area contributed by atoms with Gasteiger partial charge in [-0.2, -0.15) is 0 Å². The van der Waals surface area contributed by atoms with E-state index in [1.54, 1.807) is 0 Å². The lowest BCUT2D eigenvalue weighted by Gasteiger charge is -2.19. The Labute approximate surface area is 99.2 Å². The molecule has 16 heavy (non-hydrogen) atoms. The van der Waals surface area contributed by atoms with Gasteiger partial charge < -0.3 is 11.1 Å². The number of nitrogens with two attached hydrogens (primary N) is 1. The minimum Gasteiger partial charge on any atom is -0.329 e. The summed E-state index contributed by atoms with van der Waals surface area (Å²) in [5.74, 6) is 0.656. The van der Waals surface area contributed by atoms with Gasteiger partial charge in [0.1, 0.15) is 0 Å². The Hall–Kier alpha value is -0.860. The first-order chi connectivity index (χ1) is 7.67. The van der Waals surface area contributed by atoms with Crippen LogP contribution >= 0.6 is 0 Å². The topological polar surface area (TPSA) is 38.0 Å². The number of nitrogens with one attached hydrogen (secondary N) is 1. The van der Waals surface area contributed by atoms with Crippen molar-refractivity contribution < 1.29 is 0 Å². The van der Waals surface area contributed by atoms with Crippen LogP contribution in [0.25, 0.3) is 0 Å². The van der Waals surface area contributed by atoms with Gasteiger partial charge in [-0.05, 0) is 30.0 Å². The molecule has 1 atom stereocenters. The molecule has 0 amide bonds. The summed E-state index contributed by atoms with van der Waals surface area (Å²) < 4.78 is 0. The molecule has 0 aliphatic carbocycles. The molecule has 0 aliphatic heterocycles. The van der Waals surface area contributed by atoms with Crippen LogP contribution in [0, 0.1) is 5.92 Å². The molecule has 1 aromatic carbocycles. The van der Waals surface area contributed by atoms with Gasteiger partial charge in [-0.15, -0.1) is 0 Å². The van der Waals surface area contributed by atoms with Crippen molar-refractivity contribution in [2.24, 2.45) is 11.7 Å². The van der Waals surface area contributed by atoms with Crippen molar-refractivity contribution in [2.75, 3.05) is 13.1 Å². The van der Waals surface area contributed by atoms with Gasteiger partial charge in [0, 0.05) is 12.6 Å². The molecule has 0 saturated heterocycles. The lowest BCUT2D eigenvalue weighted by Crippen LogP contribution is -2.30. The molecule has 0 saturated carbocycles. The van der Waals surface area contributed by atoms with E-state index in [2.05, 4.69) is 50.4 Å². The quantitative estimate of drug-likeness (QED) is 0.773. The second-order valence-corrected chi connectivity index (χ2v) is 4.69. The van der Waals surface area contributed by atoms with E-state index in [9.17, 15) is 0 Å². The van der Waals surface area contributed by atoms with Crippen LogP contribution in [0.5, 0.6) is 0 Å². The van der Waals surface area contributed by atoms with Gasteiger partial charge in [-0.25, -0.2) is 0 Å². The largest absolute Gasteiger partial charge is 0.329 e. The van der Waals surface area contributed by atoms with E-state index in [0.717, 1.165) is 13.0 Å². The van der Waals surface area contributed by atoms with E-state index in [1.165, 1.54) is 11.1 Å². The molecule has 1 aromatic rings. The third kappa shape index (κ3) is 3.95. The third-order valence-electron chi connectivity index (χ3n) is 2.80. The minimum absolute atomic E-state index is 0.285. The standard InChI is InChI=1S/C14H24N2/c1-4-12-5-7-13(8-6-12)14(9-15)16-10-11(2)3/h5-8,11,14,16H,4,9-10,15H2,1-3H3. The van der Waals surface area contributed by atoms with Crippen LogP contribution in [-0.2, 0) is 6.42 Å². The highest BCUT2D eigenvalue weighted by Gasteiger charge is 2.08. The normalized spacial score (nSPS) is 13.1. The molecule has 0 spiro atoms. The highest BCUT2D eigenvalue weighted by Crippen LogP contribution is 2.13. The first kappa shape index (κ1) is 13.2. The summed E-state index contributed by atoms with van der Waals surface area (Å²) in [5, 5.41) is 3.50. The monoisotopic (exact) mass is 220 g/mol. The number of hydrogen-bond acceptors (Lipinski definition) is 2. The number of rotatable bonds is 6. The van der Waals surface area contributed by atoms with Crippen LogP contribution < -0.4 is 11.1 Å². The molecule has 0 heterocycles. The molecule has 0 aliphatic rings. The highest BCUT2D eigenvalue weighted by molar-refractivity contribution is 5.25. The second kappa shape index (κ2) is 6.66. The molecular weight excluding hydrogens is 196 g/mol. The zero-order valence-corrected chi connectivity index (χ0v) is 10.7. The Kier molecular flexibility index (Phi) is 5.50. The zero-order valence-electron chi connectivity index (χ0n) is 10.7. The van der Waals surface area contributed by atoms with Crippen LogP contribution in [0.3, 0.4) is 0 Å². The van der Waals surface area contributed by atoms with Crippen molar-refractivity contribution in [1.29, 1.82) is 0 Å². The Balaban J connectivity index is 2.63. The predicted octanol–water partition coefficient (Wildman–Crippen LogP) is 2.49. The predicted molar refractivity (Wildman–Crippen MR) is 70.5 cm³/mol.